The van der Waals surface area contributed by atoms with Crippen molar-refractivity contribution in [3.63, 3.8) is 0 Å². The lowest BCUT2D eigenvalue weighted by molar-refractivity contribution is -0.385. The lowest BCUT2D eigenvalue weighted by atomic mass is 10.0. The number of methoxy groups -OCH3 is 4. The zero-order chi connectivity index (χ0) is 104. The van der Waals surface area contributed by atoms with E-state index in [4.69, 9.17) is 47.4 Å². The van der Waals surface area contributed by atoms with E-state index in [2.05, 4.69) is 123 Å². The maximum atomic E-state index is 12.5. The van der Waals surface area contributed by atoms with Crippen molar-refractivity contribution in [1.29, 1.82) is 26.3 Å². The van der Waals surface area contributed by atoms with Crippen LogP contribution in [-0.4, -0.2) is 160 Å². The summed E-state index contributed by atoms with van der Waals surface area (Å²) in [5, 5.41) is 72.3. The fraction of sp³-hybridized carbons (Fsp3) is 0.291. The van der Waals surface area contributed by atoms with Crippen molar-refractivity contribution in [2.45, 2.75) is 125 Å². The van der Waals surface area contributed by atoms with Crippen molar-refractivity contribution in [3.05, 3.63) is 259 Å². The summed E-state index contributed by atoms with van der Waals surface area (Å²) in [6.45, 7) is 21.6. The van der Waals surface area contributed by atoms with Crippen LogP contribution >= 0.6 is 22.6 Å². The Morgan fingerprint density at radius 2 is 0.862 bits per heavy atom. The van der Waals surface area contributed by atoms with Crippen LogP contribution in [0.15, 0.2) is 206 Å². The van der Waals surface area contributed by atoms with Crippen molar-refractivity contribution in [3.8, 4) is 104 Å². The van der Waals surface area contributed by atoms with Gasteiger partial charge in [-0.1, -0.05) is 86.6 Å². The van der Waals surface area contributed by atoms with E-state index in [-0.39, 0.29) is 30.3 Å². The molecule has 2 fully saturated rings. The monoisotopic (exact) mass is 2090 g/mol. The molecule has 145 heavy (non-hydrogen) atoms. The number of likely N-dealkylation sites (N-methyl/N-ethyl adjacent to an activating group) is 1. The minimum atomic E-state index is -3.34. The van der Waals surface area contributed by atoms with Crippen LogP contribution in [0.3, 0.4) is 0 Å². The molecule has 2 aliphatic rings. The quantitative estimate of drug-likeness (QED) is 0.0153. The number of sulfonamides is 1. The predicted octanol–water partition coefficient (Wildman–Crippen LogP) is 23.1. The summed E-state index contributed by atoms with van der Waals surface area (Å²) in [4.78, 5) is 49.6. The van der Waals surface area contributed by atoms with Gasteiger partial charge in [-0.2, -0.15) is 26.3 Å². The number of carbonyl (C=O) groups is 3. The van der Waals surface area contributed by atoms with E-state index in [9.17, 15) is 59.2 Å². The van der Waals surface area contributed by atoms with Crippen LogP contribution in [0.4, 0.5) is 42.8 Å². The Balaban J connectivity index is 0.000000153. The molecule has 748 valence electrons. The molecule has 15 aromatic rings. The highest BCUT2D eigenvalue weighted by Crippen LogP contribution is 2.43. The van der Waals surface area contributed by atoms with Gasteiger partial charge in [0.1, 0.15) is 78.8 Å². The number of carbonyl (C=O) groups excluding carboxylic acids is 3. The summed E-state index contributed by atoms with van der Waals surface area (Å²) in [6, 6.07) is 74.9. The Bertz CT molecular complexity index is 7630. The molecule has 3 amide bonds. The van der Waals surface area contributed by atoms with E-state index in [1.807, 2.05) is 211 Å². The molecule has 2 aliphatic heterocycles. The number of aryl methyl sites for hydroxylation is 5. The molecular formula is C110H113IN16O17S. The number of nitro groups is 1. The average Bonchev–Trinajstić information content (AvgIpc) is 1.63. The topological polar surface area (TPSA) is 416 Å². The molecule has 5 aromatic heterocycles. The number of anilines is 4. The second kappa shape index (κ2) is 49.1. The fourth-order valence-electron chi connectivity index (χ4n) is 17.6. The molecule has 4 N–H and O–H groups in total. The zero-order valence-corrected chi connectivity index (χ0v) is 86.0. The van der Waals surface area contributed by atoms with Gasteiger partial charge < -0.3 is 75.1 Å². The van der Waals surface area contributed by atoms with Crippen molar-refractivity contribution in [1.82, 2.24) is 27.7 Å². The van der Waals surface area contributed by atoms with Crippen LogP contribution in [0.5, 0.6) is 28.7 Å². The molecule has 35 heteroatoms. The van der Waals surface area contributed by atoms with Gasteiger partial charge in [0.15, 0.2) is 5.75 Å². The first-order valence-corrected chi connectivity index (χ1v) is 50.1. The maximum Gasteiger partial charge on any atom is 0.411 e. The van der Waals surface area contributed by atoms with E-state index in [0.717, 1.165) is 139 Å². The molecule has 7 heterocycles. The standard InChI is InChI=1S/C29H29N3O3.C24H25N3O4.C23H23N3O4.C22H26N4O3S.C12H10IN3O3/c1-5-32-27-16-24(34-4)13-14-25(27)26(17-30)28(32)22-7-6-8-23(15-22)31-29(33)35-18-20-9-11-21(12-10-20)19(2)3;1-3-27-22-14-19(29-2)7-8-20(22)21(15-25)23(27)16-5-4-6-17(13-16)26-24(28)31-18-9-11-30-12-10-18;1-3-26-21-12-17(28-2)7-8-19(21)20(13-24)22(26)15-5-4-6-16(11-15)25-23(27)30-18-9-10-29-14-18;1-5-26-21-14-18(29-13-12-25(2)3)10-11-19(21)20(15-23)22(26)16-6-8-17(9-7-16)24-30(4,27)28;1-3-15-9-5-11(19-2)10(16(17)18)4-7(9)8(6-14)12(15)13/h6-16,19H,5,18H2,1-4H3,(H,31,33);4-8,13-14,18H,3,9-12H2,1-2H3,(H,26,28);4-8,11-12,18H,3,9-10,14H2,1-2H3,(H,25,27);6-11,14,24H,5,12-13H2,1-4H3;4-5H,3H2,1-2H3. The Kier molecular flexibility index (Phi) is 36.0. The van der Waals surface area contributed by atoms with Gasteiger partial charge in [-0.05, 0) is 191 Å². The third-order valence-corrected chi connectivity index (χ3v) is 26.3. The lowest BCUT2D eigenvalue weighted by Gasteiger charge is -2.22. The number of nitriles is 5. The lowest BCUT2D eigenvalue weighted by Crippen LogP contribution is -2.28. The minimum absolute atomic E-state index is 0.125. The third kappa shape index (κ3) is 25.0. The Morgan fingerprint density at radius 3 is 1.24 bits per heavy atom. The summed E-state index contributed by atoms with van der Waals surface area (Å²) >= 11 is 2.08. The van der Waals surface area contributed by atoms with Gasteiger partial charge in [-0.15, -0.1) is 0 Å². The summed E-state index contributed by atoms with van der Waals surface area (Å²) in [5.74, 6) is 3.63. The molecule has 0 saturated carbocycles. The summed E-state index contributed by atoms with van der Waals surface area (Å²) in [6.07, 6.45) is 1.38. The largest absolute Gasteiger partial charge is 0.497 e. The Morgan fingerprint density at radius 1 is 0.469 bits per heavy atom. The van der Waals surface area contributed by atoms with Gasteiger partial charge in [-0.25, -0.2) is 22.8 Å². The number of ether oxygens (including phenoxy) is 10. The van der Waals surface area contributed by atoms with Gasteiger partial charge in [-0.3, -0.25) is 30.8 Å². The molecule has 17 rings (SSSR count). The summed E-state index contributed by atoms with van der Waals surface area (Å²) in [5.41, 5.74) is 18.3. The van der Waals surface area contributed by atoms with Gasteiger partial charge in [0.25, 0.3) is 0 Å². The predicted molar refractivity (Wildman–Crippen MR) is 569 cm³/mol. The number of fused-ring (bicyclic) bond motifs is 5. The van der Waals surface area contributed by atoms with E-state index in [1.165, 1.54) is 18.7 Å². The molecule has 1 unspecified atom stereocenters. The maximum absolute atomic E-state index is 12.5. The number of nitro benzene ring substituents is 1. The van der Waals surface area contributed by atoms with Crippen LogP contribution in [0.2, 0.25) is 0 Å². The normalized spacial score (nSPS) is 12.7. The highest BCUT2D eigenvalue weighted by Gasteiger charge is 2.29. The van der Waals surface area contributed by atoms with E-state index in [0.29, 0.717) is 147 Å². The van der Waals surface area contributed by atoms with E-state index >= 15 is 0 Å². The van der Waals surface area contributed by atoms with Crippen molar-refractivity contribution >= 4 is 134 Å². The first kappa shape index (κ1) is 106. The van der Waals surface area contributed by atoms with Gasteiger partial charge in [0.05, 0.1) is 148 Å². The smallest absolute Gasteiger partial charge is 0.411 e. The molecule has 2 saturated heterocycles. The summed E-state index contributed by atoms with van der Waals surface area (Å²) in [7, 11) is 6.92. The van der Waals surface area contributed by atoms with Crippen molar-refractivity contribution < 1.29 is 75.1 Å². The minimum Gasteiger partial charge on any atom is -0.497 e. The SMILES string of the molecule is CCn1c(-c2ccc(NS(C)(=O)=O)cc2)c(C#N)c2ccc(OCCN(C)C)cc21.CCn1c(-c2cccc(NC(=O)OC3CCOC3)c2)c(C#N)c2ccc(OC)cc21.CCn1c(-c2cccc(NC(=O)OC3CCOCC3)c2)c(C#N)c2ccc(OC)cc21.CCn1c(-c2cccc(NC(=O)OCc3ccc(C(C)C)cc3)c2)c(C#N)c2ccc(OC)cc21.CCn1c(I)c(C#N)c2cc([N+](=O)[O-])c(OC)cc21. The van der Waals surface area contributed by atoms with E-state index in [1.54, 1.807) is 51.7 Å². The highest BCUT2D eigenvalue weighted by atomic mass is 127. The number of hydrogen-bond acceptors (Lipinski definition) is 23. The third-order valence-electron chi connectivity index (χ3n) is 24.5. The van der Waals surface area contributed by atoms with Crippen molar-refractivity contribution in [2.75, 3.05) is 109 Å². The van der Waals surface area contributed by atoms with Crippen LogP contribution < -0.4 is 44.4 Å². The molecule has 33 nitrogen and oxygen atoms in total. The molecule has 0 spiro atoms. The van der Waals surface area contributed by atoms with Gasteiger partial charge in [0, 0.05) is 161 Å². The molecule has 1 atom stereocenters. The number of benzene rings is 10. The molecule has 0 bridgehead atoms. The second-order valence-corrected chi connectivity index (χ2v) is 37.0. The number of amides is 3. The first-order valence-electron chi connectivity index (χ1n) is 47.1. The number of nitrogens with one attached hydrogen (secondary N) is 4. The zero-order valence-electron chi connectivity index (χ0n) is 83.1. The van der Waals surface area contributed by atoms with Crippen LogP contribution in [0, 0.1) is 70.5 Å². The summed E-state index contributed by atoms with van der Waals surface area (Å²) < 4.78 is 90.3. The second-order valence-electron chi connectivity index (χ2n) is 34.3. The highest BCUT2D eigenvalue weighted by molar-refractivity contribution is 14.1. The van der Waals surface area contributed by atoms with Crippen molar-refractivity contribution in [2.24, 2.45) is 0 Å². The van der Waals surface area contributed by atoms with Crippen LogP contribution in [-0.2, 0) is 73.0 Å². The number of rotatable bonds is 28. The van der Waals surface area contributed by atoms with Crippen LogP contribution in [0.25, 0.3) is 99.5 Å². The number of hydrogen-bond donors (Lipinski definition) is 4. The number of halogens is 1. The fourth-order valence-corrected chi connectivity index (χ4v) is 19.2. The Labute approximate surface area is 854 Å². The number of nitrogens with zero attached hydrogens (tertiary/aromatic N) is 12. The van der Waals surface area contributed by atoms with Gasteiger partial charge >= 0.3 is 24.0 Å². The molecular weight excluding hydrogens is 1980 g/mol. The van der Waals surface area contributed by atoms with Gasteiger partial charge in [0.2, 0.25) is 10.0 Å². The molecule has 0 radical (unpaired) electrons. The van der Waals surface area contributed by atoms with E-state index < -0.39 is 33.2 Å². The molecule has 0 aliphatic carbocycles. The molecule has 10 aromatic carbocycles. The first-order chi connectivity index (χ1) is 70.0. The Hall–Kier alpha value is -16.1. The average molecular weight is 2090 g/mol. The van der Waals surface area contributed by atoms with Crippen LogP contribution in [0.1, 0.15) is 113 Å². The number of aromatic nitrogens is 5.